The fourth-order valence-electron chi connectivity index (χ4n) is 2.29. The summed E-state index contributed by atoms with van der Waals surface area (Å²) in [6.45, 7) is 5.47. The maximum absolute atomic E-state index is 12.5. The van der Waals surface area contributed by atoms with Crippen molar-refractivity contribution in [3.8, 4) is 0 Å². The predicted molar refractivity (Wildman–Crippen MR) is 83.8 cm³/mol. The molecule has 2 N–H and O–H groups in total. The molecule has 1 unspecified atom stereocenters. The second-order valence-electron chi connectivity index (χ2n) is 4.96. The number of nitrogens with zero attached hydrogens (tertiary/aromatic N) is 2. The van der Waals surface area contributed by atoms with Crippen molar-refractivity contribution in [2.45, 2.75) is 19.8 Å². The Balaban J connectivity index is 2.74. The highest BCUT2D eigenvalue weighted by Gasteiger charge is 2.24. The average molecular weight is 291 g/mol. The summed E-state index contributed by atoms with van der Waals surface area (Å²) in [5.74, 6) is -0.565. The number of likely N-dealkylation sites (N-methyl/N-ethyl adjacent to an activating group) is 2. The lowest BCUT2D eigenvalue weighted by atomic mass is 9.98. The fourth-order valence-corrected chi connectivity index (χ4v) is 2.29. The predicted octanol–water partition coefficient (Wildman–Crippen LogP) is 1.06. The van der Waals surface area contributed by atoms with Crippen LogP contribution in [0.25, 0.3) is 0 Å². The molecule has 0 heterocycles. The number of carbonyl (C=O) groups is 2. The standard InChI is InChI=1S/C16H25N3O2/c1-4-19(5-2)15(20)12-18(3)16(21)14(11-17)13-9-7-6-8-10-13/h6-10,14H,4-5,11-12,17H2,1-3H3. The first-order valence-electron chi connectivity index (χ1n) is 7.32. The van der Waals surface area contributed by atoms with E-state index >= 15 is 0 Å². The molecule has 1 aromatic carbocycles. The van der Waals surface area contributed by atoms with Crippen molar-refractivity contribution in [2.75, 3.05) is 33.2 Å². The second-order valence-corrected chi connectivity index (χ2v) is 4.96. The summed E-state index contributed by atoms with van der Waals surface area (Å²) in [5, 5.41) is 0. The van der Waals surface area contributed by atoms with E-state index in [1.54, 1.807) is 11.9 Å². The van der Waals surface area contributed by atoms with Gasteiger partial charge in [-0.3, -0.25) is 9.59 Å². The van der Waals surface area contributed by atoms with Crippen LogP contribution in [-0.2, 0) is 9.59 Å². The second kappa shape index (κ2) is 8.42. The van der Waals surface area contributed by atoms with Crippen LogP contribution in [0.4, 0.5) is 0 Å². The molecule has 0 saturated carbocycles. The van der Waals surface area contributed by atoms with Crippen LogP contribution in [0.2, 0.25) is 0 Å². The van der Waals surface area contributed by atoms with Gasteiger partial charge in [0.25, 0.3) is 0 Å². The first kappa shape index (κ1) is 17.2. The zero-order valence-electron chi connectivity index (χ0n) is 13.1. The van der Waals surface area contributed by atoms with Crippen LogP contribution >= 0.6 is 0 Å². The van der Waals surface area contributed by atoms with Crippen LogP contribution in [0, 0.1) is 0 Å². The third kappa shape index (κ3) is 4.56. The topological polar surface area (TPSA) is 66.6 Å². The minimum atomic E-state index is -0.402. The summed E-state index contributed by atoms with van der Waals surface area (Å²) in [4.78, 5) is 27.7. The van der Waals surface area contributed by atoms with Gasteiger partial charge in [0.1, 0.15) is 0 Å². The average Bonchev–Trinajstić information content (AvgIpc) is 2.50. The smallest absolute Gasteiger partial charge is 0.242 e. The molecule has 21 heavy (non-hydrogen) atoms. The maximum atomic E-state index is 12.5. The van der Waals surface area contributed by atoms with Crippen molar-refractivity contribution in [3.05, 3.63) is 35.9 Å². The summed E-state index contributed by atoms with van der Waals surface area (Å²) in [6, 6.07) is 9.43. The highest BCUT2D eigenvalue weighted by molar-refractivity contribution is 5.88. The van der Waals surface area contributed by atoms with Gasteiger partial charge in [-0.1, -0.05) is 30.3 Å². The Morgan fingerprint density at radius 3 is 2.19 bits per heavy atom. The van der Waals surface area contributed by atoms with Crippen molar-refractivity contribution < 1.29 is 9.59 Å². The third-order valence-corrected chi connectivity index (χ3v) is 3.60. The molecular formula is C16H25N3O2. The van der Waals surface area contributed by atoms with E-state index in [-0.39, 0.29) is 24.9 Å². The molecule has 1 aromatic rings. The van der Waals surface area contributed by atoms with Crippen LogP contribution in [0.3, 0.4) is 0 Å². The largest absolute Gasteiger partial charge is 0.342 e. The zero-order chi connectivity index (χ0) is 15.8. The normalized spacial score (nSPS) is 11.8. The Bertz CT molecular complexity index is 458. The Hall–Kier alpha value is -1.88. The zero-order valence-corrected chi connectivity index (χ0v) is 13.1. The van der Waals surface area contributed by atoms with Gasteiger partial charge < -0.3 is 15.5 Å². The molecule has 0 spiro atoms. The Morgan fingerprint density at radius 2 is 1.71 bits per heavy atom. The summed E-state index contributed by atoms with van der Waals surface area (Å²) in [5.41, 5.74) is 6.63. The number of rotatable bonds is 7. The summed E-state index contributed by atoms with van der Waals surface area (Å²) >= 11 is 0. The highest BCUT2D eigenvalue weighted by atomic mass is 16.2. The van der Waals surface area contributed by atoms with Crippen molar-refractivity contribution >= 4 is 11.8 Å². The van der Waals surface area contributed by atoms with Crippen molar-refractivity contribution in [3.63, 3.8) is 0 Å². The molecule has 0 aliphatic rings. The van der Waals surface area contributed by atoms with E-state index in [0.717, 1.165) is 5.56 Å². The van der Waals surface area contributed by atoms with Gasteiger partial charge in [0.05, 0.1) is 12.5 Å². The summed E-state index contributed by atoms with van der Waals surface area (Å²) < 4.78 is 0. The van der Waals surface area contributed by atoms with E-state index in [0.29, 0.717) is 13.1 Å². The van der Waals surface area contributed by atoms with Crippen LogP contribution in [0.1, 0.15) is 25.3 Å². The van der Waals surface area contributed by atoms with Gasteiger partial charge in [0.15, 0.2) is 0 Å². The van der Waals surface area contributed by atoms with Gasteiger partial charge in [-0.15, -0.1) is 0 Å². The van der Waals surface area contributed by atoms with E-state index in [1.165, 1.54) is 4.90 Å². The van der Waals surface area contributed by atoms with Crippen LogP contribution < -0.4 is 5.73 Å². The molecule has 0 aliphatic carbocycles. The molecule has 0 saturated heterocycles. The number of nitrogens with two attached hydrogens (primary N) is 1. The minimum absolute atomic E-state index is 0.0420. The number of amides is 2. The van der Waals surface area contributed by atoms with Gasteiger partial charge in [-0.2, -0.15) is 0 Å². The number of hydrogen-bond donors (Lipinski definition) is 1. The minimum Gasteiger partial charge on any atom is -0.342 e. The molecule has 0 bridgehead atoms. The maximum Gasteiger partial charge on any atom is 0.242 e. The van der Waals surface area contributed by atoms with Gasteiger partial charge in [0, 0.05) is 26.7 Å². The molecule has 116 valence electrons. The Morgan fingerprint density at radius 1 is 1.14 bits per heavy atom. The SMILES string of the molecule is CCN(CC)C(=O)CN(C)C(=O)C(CN)c1ccccc1. The molecule has 0 aliphatic heterocycles. The molecule has 5 nitrogen and oxygen atoms in total. The monoisotopic (exact) mass is 291 g/mol. The first-order chi connectivity index (χ1) is 10.0. The summed E-state index contributed by atoms with van der Waals surface area (Å²) in [6.07, 6.45) is 0. The molecule has 1 atom stereocenters. The van der Waals surface area contributed by atoms with Gasteiger partial charge >= 0.3 is 0 Å². The quantitative estimate of drug-likeness (QED) is 0.816. The first-order valence-corrected chi connectivity index (χ1v) is 7.32. The molecular weight excluding hydrogens is 266 g/mol. The molecule has 5 heteroatoms. The summed E-state index contributed by atoms with van der Waals surface area (Å²) in [7, 11) is 1.65. The number of benzene rings is 1. The molecule has 1 rings (SSSR count). The molecule has 0 radical (unpaired) electrons. The van der Waals surface area contributed by atoms with E-state index < -0.39 is 5.92 Å². The third-order valence-electron chi connectivity index (χ3n) is 3.60. The van der Waals surface area contributed by atoms with Gasteiger partial charge in [-0.25, -0.2) is 0 Å². The highest BCUT2D eigenvalue weighted by Crippen LogP contribution is 2.16. The van der Waals surface area contributed by atoms with E-state index in [1.807, 2.05) is 44.2 Å². The van der Waals surface area contributed by atoms with Crippen LogP contribution in [0.5, 0.6) is 0 Å². The Kier molecular flexibility index (Phi) is 6.88. The lowest BCUT2D eigenvalue weighted by Crippen LogP contribution is -2.43. The van der Waals surface area contributed by atoms with E-state index in [2.05, 4.69) is 0 Å². The van der Waals surface area contributed by atoms with E-state index in [9.17, 15) is 9.59 Å². The van der Waals surface area contributed by atoms with E-state index in [4.69, 9.17) is 5.73 Å². The lowest BCUT2D eigenvalue weighted by molar-refractivity contribution is -0.139. The van der Waals surface area contributed by atoms with Gasteiger partial charge in [0.2, 0.25) is 11.8 Å². The van der Waals surface area contributed by atoms with Crippen molar-refractivity contribution in [1.82, 2.24) is 9.80 Å². The van der Waals surface area contributed by atoms with Gasteiger partial charge in [-0.05, 0) is 19.4 Å². The van der Waals surface area contributed by atoms with Crippen molar-refractivity contribution in [1.29, 1.82) is 0 Å². The molecule has 0 fully saturated rings. The van der Waals surface area contributed by atoms with Crippen LogP contribution in [0.15, 0.2) is 30.3 Å². The number of carbonyl (C=O) groups excluding carboxylic acids is 2. The fraction of sp³-hybridized carbons (Fsp3) is 0.500. The Labute approximate surface area is 126 Å². The van der Waals surface area contributed by atoms with Crippen LogP contribution in [-0.4, -0.2) is 54.8 Å². The number of hydrogen-bond acceptors (Lipinski definition) is 3. The van der Waals surface area contributed by atoms with Crippen molar-refractivity contribution in [2.24, 2.45) is 5.73 Å². The molecule has 0 aromatic heterocycles. The lowest BCUT2D eigenvalue weighted by Gasteiger charge is -2.26. The molecule has 2 amide bonds.